The third-order valence-electron chi connectivity index (χ3n) is 6.05. The van der Waals surface area contributed by atoms with E-state index in [-0.39, 0.29) is 11.7 Å². The molecule has 1 aromatic carbocycles. The van der Waals surface area contributed by atoms with Gasteiger partial charge in [-0.1, -0.05) is 53.4 Å². The Hall–Kier alpha value is -1.76. The fourth-order valence-electron chi connectivity index (χ4n) is 4.08. The van der Waals surface area contributed by atoms with Crippen molar-refractivity contribution in [3.63, 3.8) is 0 Å². The number of benzene rings is 1. The maximum atomic E-state index is 13.1. The minimum atomic E-state index is -3.44. The van der Waals surface area contributed by atoms with Gasteiger partial charge >= 0.3 is 0 Å². The Morgan fingerprint density at radius 3 is 2.37 bits per heavy atom. The van der Waals surface area contributed by atoms with Crippen LogP contribution in [0.25, 0.3) is 0 Å². The van der Waals surface area contributed by atoms with Crippen molar-refractivity contribution in [3.8, 4) is 0 Å². The molecule has 7 heteroatoms. The molecule has 1 amide bonds. The molecule has 0 saturated heterocycles. The molecule has 0 atom stereocenters. The summed E-state index contributed by atoms with van der Waals surface area (Å²) in [5, 5.41) is 6.47. The van der Waals surface area contributed by atoms with Crippen LogP contribution < -0.4 is 15.4 Å². The number of rotatable bonds is 11. The number of fused-ring (bicyclic) bond motifs is 1. The van der Waals surface area contributed by atoms with Crippen molar-refractivity contribution in [1.82, 2.24) is 0 Å². The molecule has 0 unspecified atom stereocenters. The van der Waals surface area contributed by atoms with Gasteiger partial charge in [0, 0.05) is 17.6 Å². The van der Waals surface area contributed by atoms with Crippen LogP contribution in [0.5, 0.6) is 0 Å². The zero-order chi connectivity index (χ0) is 22.5. The van der Waals surface area contributed by atoms with Crippen LogP contribution in [-0.4, -0.2) is 26.6 Å². The molecule has 2 rings (SSSR count). The van der Waals surface area contributed by atoms with E-state index in [4.69, 9.17) is 0 Å². The van der Waals surface area contributed by atoms with Crippen LogP contribution in [0.2, 0.25) is 0 Å². The minimum Gasteiger partial charge on any atom is -0.383 e. The van der Waals surface area contributed by atoms with Gasteiger partial charge in [-0.3, -0.25) is 9.52 Å². The van der Waals surface area contributed by atoms with Gasteiger partial charge in [0.15, 0.2) is 0 Å². The third-order valence-corrected chi connectivity index (χ3v) is 7.51. The summed E-state index contributed by atoms with van der Waals surface area (Å²) in [5.74, 6) is 0.0557. The monoisotopic (exact) mass is 437 g/mol. The second kappa shape index (κ2) is 10.0. The SMILES string of the molecule is CCCCCCC(C)(C)C(=O)Nc1c(C)c2c(c(NS(=O)(=O)CCC)c1C)NCC2. The van der Waals surface area contributed by atoms with Gasteiger partial charge in [-0.25, -0.2) is 8.42 Å². The summed E-state index contributed by atoms with van der Waals surface area (Å²) in [6.45, 7) is 12.6. The van der Waals surface area contributed by atoms with E-state index in [2.05, 4.69) is 22.3 Å². The Morgan fingerprint density at radius 1 is 1.03 bits per heavy atom. The van der Waals surface area contributed by atoms with E-state index in [1.807, 2.05) is 34.6 Å². The summed E-state index contributed by atoms with van der Waals surface area (Å²) in [5.41, 5.74) is 4.52. The highest BCUT2D eigenvalue weighted by Crippen LogP contribution is 2.42. The van der Waals surface area contributed by atoms with E-state index >= 15 is 0 Å². The molecule has 1 aromatic rings. The summed E-state index contributed by atoms with van der Waals surface area (Å²) in [6, 6.07) is 0. The predicted molar refractivity (Wildman–Crippen MR) is 127 cm³/mol. The molecule has 6 nitrogen and oxygen atoms in total. The molecule has 30 heavy (non-hydrogen) atoms. The third kappa shape index (κ3) is 5.68. The second-order valence-corrected chi connectivity index (χ2v) is 10.9. The molecule has 0 aliphatic carbocycles. The van der Waals surface area contributed by atoms with Gasteiger partial charge < -0.3 is 10.6 Å². The summed E-state index contributed by atoms with van der Waals surface area (Å²) < 4.78 is 27.7. The van der Waals surface area contributed by atoms with Gasteiger partial charge in [-0.2, -0.15) is 0 Å². The molecule has 0 saturated carbocycles. The van der Waals surface area contributed by atoms with Crippen LogP contribution in [0.4, 0.5) is 17.1 Å². The van der Waals surface area contributed by atoms with Crippen molar-refractivity contribution in [2.24, 2.45) is 5.41 Å². The van der Waals surface area contributed by atoms with Gasteiger partial charge in [-0.05, 0) is 49.8 Å². The van der Waals surface area contributed by atoms with Crippen LogP contribution in [0.15, 0.2) is 0 Å². The van der Waals surface area contributed by atoms with Crippen LogP contribution >= 0.6 is 0 Å². The number of carbonyl (C=O) groups excluding carboxylic acids is 1. The molecule has 1 heterocycles. The van der Waals surface area contributed by atoms with Gasteiger partial charge in [0.1, 0.15) is 0 Å². The van der Waals surface area contributed by atoms with Crippen LogP contribution in [0.1, 0.15) is 82.9 Å². The average Bonchev–Trinajstić information content (AvgIpc) is 3.15. The second-order valence-electron chi connectivity index (χ2n) is 9.10. The van der Waals surface area contributed by atoms with Crippen molar-refractivity contribution >= 4 is 33.0 Å². The molecule has 0 radical (unpaired) electrons. The van der Waals surface area contributed by atoms with E-state index in [9.17, 15) is 13.2 Å². The Morgan fingerprint density at radius 2 is 1.73 bits per heavy atom. The van der Waals surface area contributed by atoms with Gasteiger partial charge in [0.05, 0.1) is 17.1 Å². The van der Waals surface area contributed by atoms with E-state index < -0.39 is 15.4 Å². The number of carbonyl (C=O) groups is 1. The lowest BCUT2D eigenvalue weighted by molar-refractivity contribution is -0.124. The highest BCUT2D eigenvalue weighted by Gasteiger charge is 2.30. The Balaban J connectivity index is 2.34. The zero-order valence-corrected chi connectivity index (χ0v) is 20.3. The molecule has 170 valence electrons. The van der Waals surface area contributed by atoms with E-state index in [1.54, 1.807) is 0 Å². The van der Waals surface area contributed by atoms with Crippen molar-refractivity contribution in [3.05, 3.63) is 16.7 Å². The first-order valence-electron chi connectivity index (χ1n) is 11.3. The Bertz CT molecular complexity index is 876. The lowest BCUT2D eigenvalue weighted by Gasteiger charge is -2.27. The fraction of sp³-hybridized carbons (Fsp3) is 0.696. The smallest absolute Gasteiger partial charge is 0.232 e. The molecular formula is C23H39N3O3S. The fourth-order valence-corrected chi connectivity index (χ4v) is 5.29. The molecular weight excluding hydrogens is 398 g/mol. The molecule has 0 aromatic heterocycles. The normalized spacial score (nSPS) is 13.7. The maximum absolute atomic E-state index is 13.1. The number of unbranched alkanes of at least 4 members (excludes halogenated alkanes) is 3. The summed E-state index contributed by atoms with van der Waals surface area (Å²) in [6.07, 6.45) is 6.72. The van der Waals surface area contributed by atoms with Crippen molar-refractivity contribution in [2.45, 2.75) is 86.5 Å². The maximum Gasteiger partial charge on any atom is 0.232 e. The average molecular weight is 438 g/mol. The lowest BCUT2D eigenvalue weighted by atomic mass is 9.85. The Labute approximate surface area is 182 Å². The van der Waals surface area contributed by atoms with E-state index in [1.165, 1.54) is 12.8 Å². The lowest BCUT2D eigenvalue weighted by Crippen LogP contribution is -2.31. The van der Waals surface area contributed by atoms with Crippen LogP contribution in [0.3, 0.4) is 0 Å². The predicted octanol–water partition coefficient (Wildman–Crippen LogP) is 5.36. The number of sulfonamides is 1. The summed E-state index contributed by atoms with van der Waals surface area (Å²) in [7, 11) is -3.44. The van der Waals surface area contributed by atoms with E-state index in [0.29, 0.717) is 12.1 Å². The first-order valence-corrected chi connectivity index (χ1v) is 12.9. The standard InChI is InChI=1S/C23H39N3O3S/c1-7-9-10-11-13-23(5,6)22(27)25-19-16(3)18-12-14-24-21(18)20(17(19)4)26-30(28,29)15-8-2/h24,26H,7-15H2,1-6H3,(H,25,27). The first kappa shape index (κ1) is 24.5. The highest BCUT2D eigenvalue weighted by molar-refractivity contribution is 7.92. The molecule has 3 N–H and O–H groups in total. The number of anilines is 3. The number of hydrogen-bond donors (Lipinski definition) is 3. The molecule has 0 spiro atoms. The van der Waals surface area contributed by atoms with Crippen LogP contribution in [-0.2, 0) is 21.2 Å². The summed E-state index contributed by atoms with van der Waals surface area (Å²) >= 11 is 0. The molecule has 1 aliphatic heterocycles. The number of nitrogens with one attached hydrogen (secondary N) is 3. The highest BCUT2D eigenvalue weighted by atomic mass is 32.2. The van der Waals surface area contributed by atoms with Gasteiger partial charge in [0.25, 0.3) is 0 Å². The minimum absolute atomic E-state index is 0.0153. The molecule has 1 aliphatic rings. The van der Waals surface area contributed by atoms with Crippen molar-refractivity contribution in [2.75, 3.05) is 27.7 Å². The van der Waals surface area contributed by atoms with Gasteiger partial charge in [0.2, 0.25) is 15.9 Å². The zero-order valence-electron chi connectivity index (χ0n) is 19.5. The van der Waals surface area contributed by atoms with E-state index in [0.717, 1.165) is 60.3 Å². The molecule has 0 fully saturated rings. The Kier molecular flexibility index (Phi) is 8.20. The quantitative estimate of drug-likeness (QED) is 0.407. The number of hydrogen-bond acceptors (Lipinski definition) is 4. The number of amides is 1. The van der Waals surface area contributed by atoms with Crippen molar-refractivity contribution in [1.29, 1.82) is 0 Å². The van der Waals surface area contributed by atoms with Gasteiger partial charge in [-0.15, -0.1) is 0 Å². The largest absolute Gasteiger partial charge is 0.383 e. The molecule has 0 bridgehead atoms. The first-order chi connectivity index (χ1) is 14.0. The summed E-state index contributed by atoms with van der Waals surface area (Å²) in [4.78, 5) is 13.1. The van der Waals surface area contributed by atoms with Crippen LogP contribution in [0, 0.1) is 19.3 Å². The topological polar surface area (TPSA) is 87.3 Å². The van der Waals surface area contributed by atoms with Crippen molar-refractivity contribution < 1.29 is 13.2 Å².